The number of amides is 1. The first-order chi connectivity index (χ1) is 8.85. The number of alkyl carbamates (subject to hydrolysis) is 1. The Hall–Kier alpha value is -0.390. The summed E-state index contributed by atoms with van der Waals surface area (Å²) < 4.78 is 7.79. The number of ether oxygens (including phenoxy) is 2. The van der Waals surface area contributed by atoms with Crippen molar-refractivity contribution in [2.45, 2.75) is 36.4 Å². The number of halogens is 3. The molecule has 0 atom stereocenters. The van der Waals surface area contributed by atoms with Gasteiger partial charge in [0.15, 0.2) is 0 Å². The largest absolute Gasteiger partial charge is 0.464 e. The maximum Gasteiger partial charge on any atom is 0.407 e. The number of hydrogen-bond acceptors (Lipinski definition) is 4. The average molecular weight is 335 g/mol. The smallest absolute Gasteiger partial charge is 0.407 e. The zero-order valence-electron chi connectivity index (χ0n) is 10.7. The molecule has 0 aromatic rings. The minimum absolute atomic E-state index is 0.271. The van der Waals surface area contributed by atoms with Crippen LogP contribution < -0.4 is 5.32 Å². The van der Waals surface area contributed by atoms with Gasteiger partial charge in [-0.2, -0.15) is 0 Å². The van der Waals surface area contributed by atoms with Crippen molar-refractivity contribution < 1.29 is 19.1 Å². The van der Waals surface area contributed by atoms with Crippen LogP contribution >= 0.6 is 34.8 Å². The molecule has 0 rings (SSSR count). The highest BCUT2D eigenvalue weighted by molar-refractivity contribution is 6.67. The molecule has 0 aliphatic carbocycles. The van der Waals surface area contributed by atoms with Crippen LogP contribution in [0.15, 0.2) is 0 Å². The topological polar surface area (TPSA) is 64.6 Å². The molecule has 0 spiro atoms. The van der Waals surface area contributed by atoms with E-state index >= 15 is 0 Å². The van der Waals surface area contributed by atoms with Crippen LogP contribution in [0.1, 0.15) is 32.6 Å². The second-order valence-electron chi connectivity index (χ2n) is 3.83. The van der Waals surface area contributed by atoms with Gasteiger partial charge in [-0.25, -0.2) is 4.79 Å². The van der Waals surface area contributed by atoms with Crippen molar-refractivity contribution in [3.05, 3.63) is 0 Å². The lowest BCUT2D eigenvalue weighted by Gasteiger charge is -2.11. The number of esters is 1. The number of unbranched alkanes of at least 4 members (excludes halogenated alkanes) is 3. The van der Waals surface area contributed by atoms with E-state index in [0.29, 0.717) is 6.61 Å². The van der Waals surface area contributed by atoms with Gasteiger partial charge in [-0.15, -0.1) is 0 Å². The standard InChI is InChI=1S/C11H18Cl3NO4/c1-2-3-4-5-6-18-9(16)7-15-10(17)19-8-11(12,13)14/h2-8H2,1H3,(H,15,17). The maximum atomic E-state index is 11.2. The summed E-state index contributed by atoms with van der Waals surface area (Å²) >= 11 is 16.2. The molecule has 19 heavy (non-hydrogen) atoms. The van der Waals surface area contributed by atoms with Crippen molar-refractivity contribution in [2.24, 2.45) is 0 Å². The molecule has 0 unspecified atom stereocenters. The molecule has 0 fully saturated rings. The van der Waals surface area contributed by atoms with E-state index in [0.717, 1.165) is 25.7 Å². The van der Waals surface area contributed by atoms with Gasteiger partial charge in [0.25, 0.3) is 0 Å². The normalized spacial score (nSPS) is 10.9. The quantitative estimate of drug-likeness (QED) is 0.420. The first-order valence-electron chi connectivity index (χ1n) is 5.98. The van der Waals surface area contributed by atoms with Crippen LogP contribution in [0, 0.1) is 0 Å². The van der Waals surface area contributed by atoms with Crippen molar-refractivity contribution >= 4 is 46.9 Å². The SMILES string of the molecule is CCCCCCOC(=O)CNC(=O)OCC(Cl)(Cl)Cl. The van der Waals surface area contributed by atoms with E-state index in [1.54, 1.807) is 0 Å². The van der Waals surface area contributed by atoms with Gasteiger partial charge in [0.2, 0.25) is 3.79 Å². The molecule has 0 saturated heterocycles. The van der Waals surface area contributed by atoms with Gasteiger partial charge in [-0.05, 0) is 6.42 Å². The third kappa shape index (κ3) is 13.8. The number of carbonyl (C=O) groups is 2. The fourth-order valence-electron chi connectivity index (χ4n) is 1.11. The highest BCUT2D eigenvalue weighted by Crippen LogP contribution is 2.25. The van der Waals surface area contributed by atoms with Gasteiger partial charge in [0, 0.05) is 0 Å². The third-order valence-electron chi connectivity index (χ3n) is 2.00. The summed E-state index contributed by atoms with van der Waals surface area (Å²) in [5, 5.41) is 2.20. The Morgan fingerprint density at radius 3 is 2.37 bits per heavy atom. The Balaban J connectivity index is 3.53. The first-order valence-corrected chi connectivity index (χ1v) is 7.11. The molecular formula is C11H18Cl3NO4. The minimum atomic E-state index is -1.67. The number of alkyl halides is 3. The zero-order chi connectivity index (χ0) is 14.7. The molecule has 0 heterocycles. The van der Waals surface area contributed by atoms with E-state index in [1.165, 1.54) is 0 Å². The molecular weight excluding hydrogens is 316 g/mol. The molecule has 0 aromatic carbocycles. The molecule has 0 aliphatic heterocycles. The van der Waals surface area contributed by atoms with E-state index in [4.69, 9.17) is 39.5 Å². The first kappa shape index (κ1) is 18.6. The molecule has 0 aromatic heterocycles. The van der Waals surface area contributed by atoms with E-state index in [-0.39, 0.29) is 6.54 Å². The Morgan fingerprint density at radius 1 is 1.11 bits per heavy atom. The second-order valence-corrected chi connectivity index (χ2v) is 6.34. The lowest BCUT2D eigenvalue weighted by atomic mass is 10.2. The molecule has 0 aliphatic rings. The summed E-state index contributed by atoms with van der Waals surface area (Å²) in [4.78, 5) is 22.3. The predicted molar refractivity (Wildman–Crippen MR) is 74.7 cm³/mol. The van der Waals surface area contributed by atoms with Crippen molar-refractivity contribution in [3.8, 4) is 0 Å². The van der Waals surface area contributed by atoms with Crippen LogP contribution in [0.3, 0.4) is 0 Å². The molecule has 8 heteroatoms. The van der Waals surface area contributed by atoms with Crippen LogP contribution in [0.5, 0.6) is 0 Å². The summed E-state index contributed by atoms with van der Waals surface area (Å²) in [5.74, 6) is -0.526. The van der Waals surface area contributed by atoms with Crippen molar-refractivity contribution in [1.29, 1.82) is 0 Å². The van der Waals surface area contributed by atoms with Crippen molar-refractivity contribution in [2.75, 3.05) is 19.8 Å². The molecule has 112 valence electrons. The zero-order valence-corrected chi connectivity index (χ0v) is 13.0. The lowest BCUT2D eigenvalue weighted by Crippen LogP contribution is -2.33. The molecule has 5 nitrogen and oxygen atoms in total. The number of carbonyl (C=O) groups excluding carboxylic acids is 2. The number of nitrogens with one attached hydrogen (secondary N) is 1. The van der Waals surface area contributed by atoms with Crippen LogP contribution in [0.25, 0.3) is 0 Å². The molecule has 1 N–H and O–H groups in total. The fourth-order valence-corrected chi connectivity index (χ4v) is 1.27. The molecule has 1 amide bonds. The van der Waals surface area contributed by atoms with Gasteiger partial charge in [0.05, 0.1) is 6.61 Å². The van der Waals surface area contributed by atoms with Gasteiger partial charge in [-0.1, -0.05) is 61.0 Å². The predicted octanol–water partition coefficient (Wildman–Crippen LogP) is 3.21. The van der Waals surface area contributed by atoms with Crippen molar-refractivity contribution in [3.63, 3.8) is 0 Å². The second kappa shape index (κ2) is 10.4. The summed E-state index contributed by atoms with van der Waals surface area (Å²) in [7, 11) is 0. The van der Waals surface area contributed by atoms with Crippen LogP contribution in [-0.2, 0) is 14.3 Å². The fraction of sp³-hybridized carbons (Fsp3) is 0.818. The average Bonchev–Trinajstić information content (AvgIpc) is 2.32. The van der Waals surface area contributed by atoms with Gasteiger partial charge < -0.3 is 14.8 Å². The highest BCUT2D eigenvalue weighted by atomic mass is 35.6. The van der Waals surface area contributed by atoms with E-state index in [1.807, 2.05) is 0 Å². The van der Waals surface area contributed by atoms with Crippen LogP contribution in [0.4, 0.5) is 4.79 Å². The lowest BCUT2D eigenvalue weighted by molar-refractivity contribution is -0.142. The van der Waals surface area contributed by atoms with E-state index in [2.05, 4.69) is 17.0 Å². The monoisotopic (exact) mass is 333 g/mol. The molecule has 0 saturated carbocycles. The van der Waals surface area contributed by atoms with Gasteiger partial charge in [0.1, 0.15) is 13.2 Å². The maximum absolute atomic E-state index is 11.2. The molecule has 0 radical (unpaired) electrons. The Bertz CT molecular complexity index is 282. The Morgan fingerprint density at radius 2 is 1.79 bits per heavy atom. The Kier molecular flexibility index (Phi) is 10.2. The summed E-state index contributed by atoms with van der Waals surface area (Å²) in [6.45, 7) is 1.78. The summed E-state index contributed by atoms with van der Waals surface area (Å²) in [5.41, 5.74) is 0. The van der Waals surface area contributed by atoms with Crippen LogP contribution in [0.2, 0.25) is 0 Å². The molecule has 0 bridgehead atoms. The highest BCUT2D eigenvalue weighted by Gasteiger charge is 2.22. The third-order valence-corrected chi connectivity index (χ3v) is 2.33. The number of hydrogen-bond donors (Lipinski definition) is 1. The summed E-state index contributed by atoms with van der Waals surface area (Å²) in [6, 6.07) is 0. The van der Waals surface area contributed by atoms with E-state index < -0.39 is 22.5 Å². The minimum Gasteiger partial charge on any atom is -0.464 e. The number of rotatable bonds is 8. The Labute approximate surface area is 127 Å². The van der Waals surface area contributed by atoms with E-state index in [9.17, 15) is 9.59 Å². The summed E-state index contributed by atoms with van der Waals surface area (Å²) in [6.07, 6.45) is 3.22. The van der Waals surface area contributed by atoms with Gasteiger partial charge in [-0.3, -0.25) is 4.79 Å². The van der Waals surface area contributed by atoms with Crippen LogP contribution in [-0.4, -0.2) is 35.6 Å². The van der Waals surface area contributed by atoms with Crippen molar-refractivity contribution in [1.82, 2.24) is 5.32 Å². The van der Waals surface area contributed by atoms with Gasteiger partial charge >= 0.3 is 12.1 Å².